The molecule has 0 N–H and O–H groups in total. The van der Waals surface area contributed by atoms with Gasteiger partial charge in [0.15, 0.2) is 0 Å². The molecule has 1 heterocycles. The highest BCUT2D eigenvalue weighted by Crippen LogP contribution is 2.14. The van der Waals surface area contributed by atoms with Crippen LogP contribution < -0.4 is 0 Å². The Morgan fingerprint density at radius 1 is 1.42 bits per heavy atom. The van der Waals surface area contributed by atoms with Gasteiger partial charge in [-0.15, -0.1) is 6.58 Å². The number of allylic oxidation sites excluding steroid dienone is 1. The monoisotopic (exact) mass is 166 g/mol. The summed E-state index contributed by atoms with van der Waals surface area (Å²) in [6, 6.07) is 0. The van der Waals surface area contributed by atoms with Crippen molar-refractivity contribution in [2.45, 2.75) is 33.2 Å². The minimum absolute atomic E-state index is 0.0174. The molecule has 0 fully saturated rings. The van der Waals surface area contributed by atoms with Gasteiger partial charge in [-0.25, -0.2) is 4.98 Å². The first-order valence-electron chi connectivity index (χ1n) is 4.29. The smallest absolute Gasteiger partial charge is 0.0953 e. The quantitative estimate of drug-likeness (QED) is 0.618. The molecule has 0 aliphatic heterocycles. The summed E-state index contributed by atoms with van der Waals surface area (Å²) in [5.41, 5.74) is -0.0174. The van der Waals surface area contributed by atoms with Crippen LogP contribution in [0.2, 0.25) is 0 Å². The van der Waals surface area contributed by atoms with Gasteiger partial charge in [-0.1, -0.05) is 19.9 Å². The standard InChI is InChI=1S/C8H12N2.C2H6/c1-4-8(2,3)10-6-5-9-7-10;1-2/h4-7H,1H2,2-3H3;1-2H3. The van der Waals surface area contributed by atoms with E-state index in [1.54, 1.807) is 12.5 Å². The van der Waals surface area contributed by atoms with Crippen molar-refractivity contribution in [1.82, 2.24) is 9.55 Å². The van der Waals surface area contributed by atoms with Gasteiger partial charge in [-0.2, -0.15) is 0 Å². The maximum Gasteiger partial charge on any atom is 0.0953 e. The van der Waals surface area contributed by atoms with E-state index in [0.717, 1.165) is 0 Å². The zero-order valence-corrected chi connectivity index (χ0v) is 8.41. The van der Waals surface area contributed by atoms with Crippen molar-refractivity contribution in [1.29, 1.82) is 0 Å². The van der Waals surface area contributed by atoms with Gasteiger partial charge in [0, 0.05) is 12.4 Å². The van der Waals surface area contributed by atoms with E-state index in [1.165, 1.54) is 0 Å². The molecule has 0 aliphatic carbocycles. The summed E-state index contributed by atoms with van der Waals surface area (Å²) < 4.78 is 2.01. The van der Waals surface area contributed by atoms with E-state index in [4.69, 9.17) is 0 Å². The average molecular weight is 166 g/mol. The van der Waals surface area contributed by atoms with E-state index >= 15 is 0 Å². The number of aromatic nitrogens is 2. The first-order valence-corrected chi connectivity index (χ1v) is 4.29. The first-order chi connectivity index (χ1) is 5.67. The Balaban J connectivity index is 0.000000561. The van der Waals surface area contributed by atoms with Crippen molar-refractivity contribution in [2.75, 3.05) is 0 Å². The summed E-state index contributed by atoms with van der Waals surface area (Å²) in [5.74, 6) is 0. The molecule has 68 valence electrons. The van der Waals surface area contributed by atoms with E-state index < -0.39 is 0 Å². The molecule has 12 heavy (non-hydrogen) atoms. The zero-order chi connectivity index (χ0) is 9.61. The Bertz CT molecular complexity index is 210. The van der Waals surface area contributed by atoms with Crippen LogP contribution in [-0.2, 0) is 5.54 Å². The van der Waals surface area contributed by atoms with E-state index in [1.807, 2.05) is 30.7 Å². The average Bonchev–Trinajstić information content (AvgIpc) is 2.61. The lowest BCUT2D eigenvalue weighted by molar-refractivity contribution is 0.455. The van der Waals surface area contributed by atoms with Gasteiger partial charge < -0.3 is 4.57 Å². The van der Waals surface area contributed by atoms with E-state index in [9.17, 15) is 0 Å². The maximum atomic E-state index is 3.95. The van der Waals surface area contributed by atoms with Crippen LogP contribution >= 0.6 is 0 Å². The van der Waals surface area contributed by atoms with Crippen molar-refractivity contribution >= 4 is 0 Å². The molecule has 0 saturated carbocycles. The molecule has 0 unspecified atom stereocenters. The molecule has 1 aromatic rings. The van der Waals surface area contributed by atoms with Gasteiger partial charge in [0.2, 0.25) is 0 Å². The fraction of sp³-hybridized carbons (Fsp3) is 0.500. The van der Waals surface area contributed by atoms with Crippen LogP contribution in [0.15, 0.2) is 31.4 Å². The summed E-state index contributed by atoms with van der Waals surface area (Å²) in [4.78, 5) is 3.95. The molecule has 0 bridgehead atoms. The highest BCUT2D eigenvalue weighted by Gasteiger charge is 2.12. The largest absolute Gasteiger partial charge is 0.328 e. The summed E-state index contributed by atoms with van der Waals surface area (Å²) in [5, 5.41) is 0. The van der Waals surface area contributed by atoms with Crippen molar-refractivity contribution in [3.8, 4) is 0 Å². The predicted octanol–water partition coefficient (Wildman–Crippen LogP) is 2.83. The van der Waals surface area contributed by atoms with Crippen LogP contribution in [0.5, 0.6) is 0 Å². The molecule has 0 aliphatic rings. The normalized spacial score (nSPS) is 10.0. The molecular formula is C10H18N2. The number of nitrogens with zero attached hydrogens (tertiary/aromatic N) is 2. The Hall–Kier alpha value is -1.05. The molecule has 0 aromatic carbocycles. The molecule has 1 rings (SSSR count). The minimum Gasteiger partial charge on any atom is -0.328 e. The van der Waals surface area contributed by atoms with Gasteiger partial charge in [0.05, 0.1) is 11.9 Å². The summed E-state index contributed by atoms with van der Waals surface area (Å²) in [6.45, 7) is 11.9. The second kappa shape index (κ2) is 4.75. The predicted molar refractivity (Wildman–Crippen MR) is 53.1 cm³/mol. The molecule has 2 nitrogen and oxygen atoms in total. The Kier molecular flexibility index (Phi) is 4.34. The topological polar surface area (TPSA) is 17.8 Å². The molecule has 0 spiro atoms. The van der Waals surface area contributed by atoms with Crippen molar-refractivity contribution < 1.29 is 0 Å². The molecule has 0 radical (unpaired) electrons. The molecule has 0 saturated heterocycles. The molecule has 1 aromatic heterocycles. The fourth-order valence-corrected chi connectivity index (χ4v) is 0.705. The summed E-state index contributed by atoms with van der Waals surface area (Å²) >= 11 is 0. The van der Waals surface area contributed by atoms with E-state index in [-0.39, 0.29) is 5.54 Å². The second-order valence-corrected chi connectivity index (χ2v) is 2.83. The summed E-state index contributed by atoms with van der Waals surface area (Å²) in [6.07, 6.45) is 7.39. The lowest BCUT2D eigenvalue weighted by Gasteiger charge is -2.21. The van der Waals surface area contributed by atoms with Crippen LogP contribution in [0, 0.1) is 0 Å². The molecular weight excluding hydrogens is 148 g/mol. The van der Waals surface area contributed by atoms with Gasteiger partial charge in [-0.3, -0.25) is 0 Å². The lowest BCUT2D eigenvalue weighted by Crippen LogP contribution is -2.21. The van der Waals surface area contributed by atoms with Crippen LogP contribution in [0.1, 0.15) is 27.7 Å². The summed E-state index contributed by atoms with van der Waals surface area (Å²) in [7, 11) is 0. The van der Waals surface area contributed by atoms with E-state index in [0.29, 0.717) is 0 Å². The number of hydrogen-bond acceptors (Lipinski definition) is 1. The number of imidazole rings is 1. The van der Waals surface area contributed by atoms with E-state index in [2.05, 4.69) is 25.4 Å². The Labute approximate surface area is 74.9 Å². The highest BCUT2D eigenvalue weighted by molar-refractivity contribution is 4.96. The van der Waals surface area contributed by atoms with Gasteiger partial charge in [0.1, 0.15) is 0 Å². The van der Waals surface area contributed by atoms with Crippen LogP contribution in [0.25, 0.3) is 0 Å². The van der Waals surface area contributed by atoms with Crippen LogP contribution in [0.4, 0.5) is 0 Å². The maximum absolute atomic E-state index is 3.95. The number of rotatable bonds is 2. The van der Waals surface area contributed by atoms with Gasteiger partial charge in [0.25, 0.3) is 0 Å². The van der Waals surface area contributed by atoms with Crippen molar-refractivity contribution in [2.24, 2.45) is 0 Å². The molecule has 0 atom stereocenters. The minimum atomic E-state index is -0.0174. The van der Waals surface area contributed by atoms with Crippen LogP contribution in [0.3, 0.4) is 0 Å². The molecule has 2 heteroatoms. The van der Waals surface area contributed by atoms with Crippen LogP contribution in [-0.4, -0.2) is 9.55 Å². The SMILES string of the molecule is C=CC(C)(C)n1ccnc1.CC. The van der Waals surface area contributed by atoms with Gasteiger partial charge in [-0.05, 0) is 13.8 Å². The number of hydrogen-bond donors (Lipinski definition) is 0. The third-order valence-corrected chi connectivity index (χ3v) is 1.67. The lowest BCUT2D eigenvalue weighted by atomic mass is 10.1. The third-order valence-electron chi connectivity index (χ3n) is 1.67. The zero-order valence-electron chi connectivity index (χ0n) is 8.41. The second-order valence-electron chi connectivity index (χ2n) is 2.83. The Morgan fingerprint density at radius 2 is 2.00 bits per heavy atom. The highest BCUT2D eigenvalue weighted by atomic mass is 15.1. The third kappa shape index (κ3) is 2.53. The molecule has 0 amide bonds. The van der Waals surface area contributed by atoms with Gasteiger partial charge >= 0.3 is 0 Å². The first kappa shape index (κ1) is 11.0. The van der Waals surface area contributed by atoms with Crippen molar-refractivity contribution in [3.05, 3.63) is 31.4 Å². The fourth-order valence-electron chi connectivity index (χ4n) is 0.705. The van der Waals surface area contributed by atoms with Crippen molar-refractivity contribution in [3.63, 3.8) is 0 Å². The Morgan fingerprint density at radius 3 is 2.33 bits per heavy atom.